The van der Waals surface area contributed by atoms with Gasteiger partial charge in [-0.15, -0.1) is 0 Å². The van der Waals surface area contributed by atoms with Crippen LogP contribution in [0.15, 0.2) is 24.3 Å². The van der Waals surface area contributed by atoms with E-state index in [1.54, 1.807) is 0 Å². The monoisotopic (exact) mass is 250 g/mol. The smallest absolute Gasteiger partial charge is 0.0908 e. The van der Waals surface area contributed by atoms with Gasteiger partial charge in [0.15, 0.2) is 0 Å². The van der Waals surface area contributed by atoms with Gasteiger partial charge < -0.3 is 5.11 Å². The molecule has 1 saturated heterocycles. The molecule has 1 aromatic rings. The van der Waals surface area contributed by atoms with Gasteiger partial charge >= 0.3 is 0 Å². The Morgan fingerprint density at radius 2 is 1.88 bits per heavy atom. The summed E-state index contributed by atoms with van der Waals surface area (Å²) in [5.41, 5.74) is 2.58. The number of benzene rings is 1. The minimum atomic E-state index is -0.295. The molecular formula is C15H22OS. The highest BCUT2D eigenvalue weighted by Crippen LogP contribution is 2.36. The van der Waals surface area contributed by atoms with Gasteiger partial charge in [0.25, 0.3) is 0 Å². The van der Waals surface area contributed by atoms with E-state index < -0.39 is 0 Å². The van der Waals surface area contributed by atoms with Gasteiger partial charge in [0.2, 0.25) is 0 Å². The van der Waals surface area contributed by atoms with Crippen LogP contribution in [0.4, 0.5) is 0 Å². The molecule has 1 heterocycles. The van der Waals surface area contributed by atoms with Gasteiger partial charge in [-0.05, 0) is 35.1 Å². The van der Waals surface area contributed by atoms with Crippen LogP contribution in [0.1, 0.15) is 50.8 Å². The molecule has 17 heavy (non-hydrogen) atoms. The lowest BCUT2D eigenvalue weighted by Crippen LogP contribution is -2.14. The Balaban J connectivity index is 2.12. The Morgan fingerprint density at radius 1 is 1.24 bits per heavy atom. The SMILES string of the molecule is CC(C)(C)c1ccc(C(O)C2CCCS2)cc1. The maximum atomic E-state index is 10.3. The normalized spacial score (nSPS) is 22.7. The number of hydrogen-bond acceptors (Lipinski definition) is 2. The molecule has 2 rings (SSSR count). The van der Waals surface area contributed by atoms with Crippen LogP contribution in [-0.2, 0) is 5.41 Å². The van der Waals surface area contributed by atoms with Crippen LogP contribution in [0.5, 0.6) is 0 Å². The highest BCUT2D eigenvalue weighted by Gasteiger charge is 2.25. The molecule has 1 nitrogen and oxygen atoms in total. The van der Waals surface area contributed by atoms with Crippen molar-refractivity contribution < 1.29 is 5.11 Å². The Morgan fingerprint density at radius 3 is 2.35 bits per heavy atom. The Hall–Kier alpha value is -0.470. The van der Waals surface area contributed by atoms with E-state index in [0.29, 0.717) is 5.25 Å². The highest BCUT2D eigenvalue weighted by molar-refractivity contribution is 8.00. The zero-order valence-corrected chi connectivity index (χ0v) is 11.8. The van der Waals surface area contributed by atoms with Gasteiger partial charge in [-0.2, -0.15) is 11.8 Å². The molecule has 0 aromatic heterocycles. The van der Waals surface area contributed by atoms with Crippen molar-refractivity contribution in [1.29, 1.82) is 0 Å². The highest BCUT2D eigenvalue weighted by atomic mass is 32.2. The fraction of sp³-hybridized carbons (Fsp3) is 0.600. The van der Waals surface area contributed by atoms with E-state index in [2.05, 4.69) is 45.0 Å². The molecule has 0 bridgehead atoms. The summed E-state index contributed by atoms with van der Waals surface area (Å²) in [6.45, 7) is 6.64. The third-order valence-corrected chi connectivity index (χ3v) is 4.88. The van der Waals surface area contributed by atoms with Gasteiger partial charge in [0, 0.05) is 5.25 Å². The van der Waals surface area contributed by atoms with Crippen molar-refractivity contribution in [1.82, 2.24) is 0 Å². The largest absolute Gasteiger partial charge is 0.387 e. The van der Waals surface area contributed by atoms with E-state index in [0.717, 1.165) is 12.0 Å². The summed E-state index contributed by atoms with van der Waals surface area (Å²) in [4.78, 5) is 0. The minimum absolute atomic E-state index is 0.186. The van der Waals surface area contributed by atoms with Gasteiger partial charge in [0.05, 0.1) is 6.10 Å². The Labute approximate surface area is 109 Å². The van der Waals surface area contributed by atoms with Crippen LogP contribution in [0, 0.1) is 0 Å². The van der Waals surface area contributed by atoms with Crippen molar-refractivity contribution >= 4 is 11.8 Å². The first-order chi connectivity index (χ1) is 7.98. The Bertz CT molecular complexity index is 358. The molecule has 94 valence electrons. The second-order valence-corrected chi connectivity index (χ2v) is 7.22. The molecule has 1 N–H and O–H groups in total. The minimum Gasteiger partial charge on any atom is -0.387 e. The molecule has 2 heteroatoms. The first-order valence-electron chi connectivity index (χ1n) is 6.38. The van der Waals surface area contributed by atoms with Gasteiger partial charge in [-0.25, -0.2) is 0 Å². The molecule has 1 fully saturated rings. The number of hydrogen-bond donors (Lipinski definition) is 1. The molecule has 0 radical (unpaired) electrons. The predicted octanol–water partition coefficient (Wildman–Crippen LogP) is 3.91. The molecule has 0 amide bonds. The average Bonchev–Trinajstić information content (AvgIpc) is 2.80. The summed E-state index contributed by atoms with van der Waals surface area (Å²) in [7, 11) is 0. The standard InChI is InChI=1S/C15H22OS/c1-15(2,3)12-8-6-11(7-9-12)14(16)13-5-4-10-17-13/h6-9,13-14,16H,4-5,10H2,1-3H3. The van der Waals surface area contributed by atoms with Crippen LogP contribution >= 0.6 is 11.8 Å². The second kappa shape index (κ2) is 5.03. The first-order valence-corrected chi connectivity index (χ1v) is 7.43. The molecule has 2 unspecified atom stereocenters. The van der Waals surface area contributed by atoms with Crippen molar-refractivity contribution in [2.45, 2.75) is 50.4 Å². The van der Waals surface area contributed by atoms with Crippen LogP contribution in [0.25, 0.3) is 0 Å². The summed E-state index contributed by atoms with van der Waals surface area (Å²) in [5.74, 6) is 1.20. The molecule has 0 saturated carbocycles. The topological polar surface area (TPSA) is 20.2 Å². The van der Waals surface area contributed by atoms with Crippen LogP contribution in [0.3, 0.4) is 0 Å². The van der Waals surface area contributed by atoms with Crippen LogP contribution in [-0.4, -0.2) is 16.1 Å². The quantitative estimate of drug-likeness (QED) is 0.858. The summed E-state index contributed by atoms with van der Waals surface area (Å²) in [5, 5.41) is 10.7. The van der Waals surface area contributed by atoms with E-state index >= 15 is 0 Å². The maximum Gasteiger partial charge on any atom is 0.0908 e. The van der Waals surface area contributed by atoms with Gasteiger partial charge in [-0.3, -0.25) is 0 Å². The molecule has 0 spiro atoms. The van der Waals surface area contributed by atoms with Crippen LogP contribution in [0.2, 0.25) is 0 Å². The van der Waals surface area contributed by atoms with Crippen molar-refractivity contribution in [2.75, 3.05) is 5.75 Å². The van der Waals surface area contributed by atoms with Crippen LogP contribution < -0.4 is 0 Å². The van der Waals surface area contributed by atoms with E-state index in [4.69, 9.17) is 0 Å². The Kier molecular flexibility index (Phi) is 3.84. The van der Waals surface area contributed by atoms with Crippen molar-refractivity contribution in [3.05, 3.63) is 35.4 Å². The number of aliphatic hydroxyl groups excluding tert-OH is 1. The molecule has 0 aliphatic carbocycles. The number of aliphatic hydroxyl groups is 1. The van der Waals surface area contributed by atoms with E-state index in [9.17, 15) is 5.11 Å². The van der Waals surface area contributed by atoms with Crippen molar-refractivity contribution in [2.24, 2.45) is 0 Å². The van der Waals surface area contributed by atoms with E-state index in [-0.39, 0.29) is 11.5 Å². The summed E-state index contributed by atoms with van der Waals surface area (Å²) < 4.78 is 0. The molecule has 1 aromatic carbocycles. The lowest BCUT2D eigenvalue weighted by molar-refractivity contribution is 0.173. The molecule has 1 aliphatic heterocycles. The zero-order chi connectivity index (χ0) is 12.5. The van der Waals surface area contributed by atoms with E-state index in [1.807, 2.05) is 11.8 Å². The molecule has 1 aliphatic rings. The first kappa shape index (κ1) is 13.0. The lowest BCUT2D eigenvalue weighted by Gasteiger charge is -2.21. The maximum absolute atomic E-state index is 10.3. The zero-order valence-electron chi connectivity index (χ0n) is 10.9. The third kappa shape index (κ3) is 3.05. The fourth-order valence-corrected chi connectivity index (χ4v) is 3.56. The van der Waals surface area contributed by atoms with Gasteiger partial charge in [0.1, 0.15) is 0 Å². The predicted molar refractivity (Wildman–Crippen MR) is 75.6 cm³/mol. The summed E-state index contributed by atoms with van der Waals surface area (Å²) >= 11 is 1.91. The number of thioether (sulfide) groups is 1. The lowest BCUT2D eigenvalue weighted by atomic mass is 9.86. The average molecular weight is 250 g/mol. The molecule has 2 atom stereocenters. The van der Waals surface area contributed by atoms with Gasteiger partial charge in [-0.1, -0.05) is 45.0 Å². The summed E-state index contributed by atoms with van der Waals surface area (Å²) in [6.07, 6.45) is 2.09. The molecular weight excluding hydrogens is 228 g/mol. The second-order valence-electron chi connectivity index (χ2n) is 5.87. The fourth-order valence-electron chi connectivity index (χ4n) is 2.25. The number of rotatable bonds is 2. The van der Waals surface area contributed by atoms with Crippen molar-refractivity contribution in [3.8, 4) is 0 Å². The van der Waals surface area contributed by atoms with E-state index in [1.165, 1.54) is 17.7 Å². The third-order valence-electron chi connectivity index (χ3n) is 3.44. The summed E-state index contributed by atoms with van der Waals surface area (Å²) in [6, 6.07) is 8.48. The van der Waals surface area contributed by atoms with Crippen molar-refractivity contribution in [3.63, 3.8) is 0 Å².